The van der Waals surface area contributed by atoms with E-state index in [0.717, 1.165) is 39.9 Å². The Kier molecular flexibility index (Phi) is 8.49. The molecular formula is C32H43NO4. The van der Waals surface area contributed by atoms with Crippen molar-refractivity contribution in [2.45, 2.75) is 65.7 Å². The van der Waals surface area contributed by atoms with Crippen LogP contribution in [0.15, 0.2) is 48.5 Å². The van der Waals surface area contributed by atoms with Gasteiger partial charge in [-0.3, -0.25) is 0 Å². The fourth-order valence-corrected chi connectivity index (χ4v) is 4.72. The number of rotatable bonds is 8. The zero-order valence-electron chi connectivity index (χ0n) is 23.9. The minimum Gasteiger partial charge on any atom is -0.507 e. The van der Waals surface area contributed by atoms with Crippen LogP contribution in [0, 0.1) is 6.92 Å². The van der Waals surface area contributed by atoms with E-state index in [0.29, 0.717) is 24.6 Å². The monoisotopic (exact) mass is 505 g/mol. The summed E-state index contributed by atoms with van der Waals surface area (Å²) >= 11 is 0. The quantitative estimate of drug-likeness (QED) is 0.305. The van der Waals surface area contributed by atoms with Gasteiger partial charge in [-0.15, -0.1) is 0 Å². The van der Waals surface area contributed by atoms with Gasteiger partial charge in [0.15, 0.2) is 0 Å². The van der Waals surface area contributed by atoms with Crippen LogP contribution in [0.3, 0.4) is 0 Å². The molecule has 0 aliphatic heterocycles. The smallest absolute Gasteiger partial charge is 0.143 e. The number of phenolic OH excluding ortho intramolecular Hbond substituents is 2. The van der Waals surface area contributed by atoms with Crippen LogP contribution in [0.5, 0.6) is 17.2 Å². The molecule has 200 valence electrons. The average molecular weight is 506 g/mol. The maximum Gasteiger partial charge on any atom is 0.143 e. The summed E-state index contributed by atoms with van der Waals surface area (Å²) in [6, 6.07) is 15.9. The van der Waals surface area contributed by atoms with Crippen LogP contribution in [-0.4, -0.2) is 37.6 Å². The lowest BCUT2D eigenvalue weighted by Gasteiger charge is -2.31. The predicted molar refractivity (Wildman–Crippen MR) is 154 cm³/mol. The number of para-hydroxylation sites is 1. The third-order valence-corrected chi connectivity index (χ3v) is 6.68. The number of phenols is 2. The van der Waals surface area contributed by atoms with Crippen molar-refractivity contribution in [3.8, 4) is 28.4 Å². The second kappa shape index (κ2) is 11.1. The Balaban J connectivity index is 2.32. The molecule has 0 aliphatic rings. The molecule has 0 heterocycles. The van der Waals surface area contributed by atoms with Crippen molar-refractivity contribution in [2.75, 3.05) is 32.3 Å². The highest BCUT2D eigenvalue weighted by Gasteiger charge is 2.27. The molecule has 37 heavy (non-hydrogen) atoms. The summed E-state index contributed by atoms with van der Waals surface area (Å²) in [5.74, 6) is 1.19. The summed E-state index contributed by atoms with van der Waals surface area (Å²) in [6.45, 7) is 15.8. The molecular weight excluding hydrogens is 462 g/mol. The minimum absolute atomic E-state index is 0.218. The van der Waals surface area contributed by atoms with Crippen LogP contribution in [0.1, 0.15) is 64.7 Å². The van der Waals surface area contributed by atoms with Crippen LogP contribution < -0.4 is 9.64 Å². The van der Waals surface area contributed by atoms with E-state index in [1.165, 1.54) is 0 Å². The first-order chi connectivity index (χ1) is 17.3. The van der Waals surface area contributed by atoms with Gasteiger partial charge in [0.1, 0.15) is 17.2 Å². The fourth-order valence-electron chi connectivity index (χ4n) is 4.72. The lowest BCUT2D eigenvalue weighted by molar-refractivity contribution is 0.196. The molecule has 0 spiro atoms. The Labute approximate surface area is 222 Å². The molecule has 0 aliphatic carbocycles. The third kappa shape index (κ3) is 6.22. The van der Waals surface area contributed by atoms with Gasteiger partial charge in [-0.25, -0.2) is 0 Å². The van der Waals surface area contributed by atoms with E-state index in [1.54, 1.807) is 14.2 Å². The summed E-state index contributed by atoms with van der Waals surface area (Å²) in [7, 11) is 3.34. The van der Waals surface area contributed by atoms with Crippen LogP contribution in [0.25, 0.3) is 11.1 Å². The van der Waals surface area contributed by atoms with Crippen molar-refractivity contribution >= 4 is 11.4 Å². The van der Waals surface area contributed by atoms with E-state index in [1.807, 2.05) is 42.5 Å². The highest BCUT2D eigenvalue weighted by molar-refractivity contribution is 5.87. The Morgan fingerprint density at radius 3 is 1.97 bits per heavy atom. The van der Waals surface area contributed by atoms with Gasteiger partial charge >= 0.3 is 0 Å². The molecule has 5 heteroatoms. The van der Waals surface area contributed by atoms with E-state index < -0.39 is 0 Å². The van der Waals surface area contributed by atoms with Crippen LogP contribution in [0.4, 0.5) is 11.4 Å². The molecule has 0 radical (unpaired) electrons. The molecule has 0 aromatic heterocycles. The van der Waals surface area contributed by atoms with E-state index in [-0.39, 0.29) is 22.3 Å². The third-order valence-electron chi connectivity index (χ3n) is 6.68. The molecule has 5 nitrogen and oxygen atoms in total. The van der Waals surface area contributed by atoms with Crippen LogP contribution in [-0.2, 0) is 15.6 Å². The first-order valence-corrected chi connectivity index (χ1v) is 12.9. The highest BCUT2D eigenvalue weighted by atomic mass is 16.5. The van der Waals surface area contributed by atoms with Crippen LogP contribution in [0.2, 0.25) is 0 Å². The molecule has 0 atom stereocenters. The number of anilines is 2. The Morgan fingerprint density at radius 1 is 0.757 bits per heavy atom. The lowest BCUT2D eigenvalue weighted by Crippen LogP contribution is -2.22. The van der Waals surface area contributed by atoms with Gasteiger partial charge in [0, 0.05) is 54.3 Å². The maximum absolute atomic E-state index is 11.6. The standard InChI is InChI=1S/C32H43NO4/c1-21-17-24(29(34)25(18-21)31(2,3)4)23-13-10-11-14-27(23)33(15-12-16-36-8)28-20-22(37-9)19-26(30(28)35)32(5,6)7/h10-11,13-14,17-20,34-35H,12,15-16H2,1-9H3. The average Bonchev–Trinajstić information content (AvgIpc) is 2.82. The summed E-state index contributed by atoms with van der Waals surface area (Å²) in [5.41, 5.74) is 5.51. The summed E-state index contributed by atoms with van der Waals surface area (Å²) < 4.78 is 11.0. The lowest BCUT2D eigenvalue weighted by atomic mass is 9.83. The molecule has 2 N–H and O–H groups in total. The number of methoxy groups -OCH3 is 2. The molecule has 0 unspecified atom stereocenters. The maximum atomic E-state index is 11.6. The minimum atomic E-state index is -0.290. The molecule has 0 amide bonds. The van der Waals surface area contributed by atoms with Crippen molar-refractivity contribution < 1.29 is 19.7 Å². The first-order valence-electron chi connectivity index (χ1n) is 12.9. The topological polar surface area (TPSA) is 62.2 Å². The zero-order chi connectivity index (χ0) is 27.5. The number of benzene rings is 3. The van der Waals surface area contributed by atoms with Gasteiger partial charge in [-0.05, 0) is 47.9 Å². The Hall–Kier alpha value is -3.18. The van der Waals surface area contributed by atoms with Gasteiger partial charge in [0.2, 0.25) is 0 Å². The second-order valence-electron chi connectivity index (χ2n) is 11.8. The van der Waals surface area contributed by atoms with Gasteiger partial charge in [0.05, 0.1) is 12.8 Å². The summed E-state index contributed by atoms with van der Waals surface area (Å²) in [6.07, 6.45) is 0.749. The summed E-state index contributed by atoms with van der Waals surface area (Å²) in [4.78, 5) is 2.11. The number of nitrogens with zero attached hydrogens (tertiary/aromatic N) is 1. The molecule has 3 aromatic rings. The van der Waals surface area contributed by atoms with Crippen molar-refractivity contribution in [2.24, 2.45) is 0 Å². The highest BCUT2D eigenvalue weighted by Crippen LogP contribution is 2.48. The molecule has 3 aromatic carbocycles. The Bertz CT molecular complexity index is 1230. The van der Waals surface area contributed by atoms with Gasteiger partial charge in [-0.2, -0.15) is 0 Å². The number of hydrogen-bond acceptors (Lipinski definition) is 5. The molecule has 0 bridgehead atoms. The SMILES string of the molecule is COCCCN(c1ccccc1-c1cc(C)cc(C(C)(C)C)c1O)c1cc(OC)cc(C(C)(C)C)c1O. The molecule has 0 fully saturated rings. The van der Waals surface area contributed by atoms with Crippen molar-refractivity contribution in [1.82, 2.24) is 0 Å². The van der Waals surface area contributed by atoms with Crippen molar-refractivity contribution in [1.29, 1.82) is 0 Å². The zero-order valence-corrected chi connectivity index (χ0v) is 23.9. The second-order valence-corrected chi connectivity index (χ2v) is 11.8. The number of aryl methyl sites for hydroxylation is 1. The molecule has 0 saturated heterocycles. The number of ether oxygens (including phenoxy) is 2. The van der Waals surface area contributed by atoms with E-state index in [4.69, 9.17) is 9.47 Å². The largest absolute Gasteiger partial charge is 0.507 e. The van der Waals surface area contributed by atoms with Gasteiger partial charge in [-0.1, -0.05) is 65.8 Å². The van der Waals surface area contributed by atoms with Gasteiger partial charge in [0.25, 0.3) is 0 Å². The Morgan fingerprint density at radius 2 is 1.38 bits per heavy atom. The number of hydrogen-bond donors (Lipinski definition) is 2. The predicted octanol–water partition coefficient (Wildman–Crippen LogP) is 7.85. The summed E-state index contributed by atoms with van der Waals surface area (Å²) in [5, 5.41) is 23.0. The van der Waals surface area contributed by atoms with Crippen molar-refractivity contribution in [3.05, 3.63) is 65.2 Å². The van der Waals surface area contributed by atoms with E-state index in [9.17, 15) is 10.2 Å². The fraction of sp³-hybridized carbons (Fsp3) is 0.438. The van der Waals surface area contributed by atoms with Crippen LogP contribution >= 0.6 is 0 Å². The molecule has 0 saturated carbocycles. The van der Waals surface area contributed by atoms with Crippen molar-refractivity contribution in [3.63, 3.8) is 0 Å². The first kappa shape index (κ1) is 28.4. The van der Waals surface area contributed by atoms with Gasteiger partial charge < -0.3 is 24.6 Å². The normalized spacial score (nSPS) is 12.0. The molecule has 3 rings (SSSR count). The van der Waals surface area contributed by atoms with E-state index >= 15 is 0 Å². The number of aromatic hydroxyl groups is 2. The van der Waals surface area contributed by atoms with E-state index in [2.05, 4.69) is 59.4 Å².